The molecule has 0 aromatic heterocycles. The van der Waals surface area contributed by atoms with Crippen LogP contribution in [0.3, 0.4) is 0 Å². The number of methoxy groups -OCH3 is 1. The molecule has 1 aromatic carbocycles. The fraction of sp³-hybridized carbons (Fsp3) is 0.529. The standard InChI is InChI=1S/C17H22O3/c1-19-17-8-7-15(12-16(17)4-2-3-10-18)13-20-11-9-14-5-6-14/h7-8,12,14,18H,3,5-6,9-11,13H2,1H3. The van der Waals surface area contributed by atoms with E-state index in [1.54, 1.807) is 7.11 Å². The van der Waals surface area contributed by atoms with Crippen molar-refractivity contribution in [2.45, 2.75) is 32.3 Å². The number of hydrogen-bond acceptors (Lipinski definition) is 3. The summed E-state index contributed by atoms with van der Waals surface area (Å²) < 4.78 is 11.0. The maximum absolute atomic E-state index is 8.76. The molecule has 20 heavy (non-hydrogen) atoms. The van der Waals surface area contributed by atoms with Crippen molar-refractivity contribution in [2.24, 2.45) is 5.92 Å². The minimum Gasteiger partial charge on any atom is -0.495 e. The molecule has 0 saturated heterocycles. The fourth-order valence-corrected chi connectivity index (χ4v) is 2.00. The summed E-state index contributed by atoms with van der Waals surface area (Å²) in [6, 6.07) is 5.93. The van der Waals surface area contributed by atoms with Gasteiger partial charge in [0.1, 0.15) is 5.75 Å². The zero-order valence-electron chi connectivity index (χ0n) is 12.0. The number of hydrogen-bond donors (Lipinski definition) is 1. The lowest BCUT2D eigenvalue weighted by atomic mass is 10.1. The lowest BCUT2D eigenvalue weighted by Gasteiger charge is -2.07. The van der Waals surface area contributed by atoms with E-state index in [9.17, 15) is 0 Å². The van der Waals surface area contributed by atoms with Gasteiger partial charge in [-0.15, -0.1) is 0 Å². The zero-order valence-corrected chi connectivity index (χ0v) is 12.0. The van der Waals surface area contributed by atoms with Crippen LogP contribution in [0.25, 0.3) is 0 Å². The summed E-state index contributed by atoms with van der Waals surface area (Å²) in [5.41, 5.74) is 1.96. The molecular formula is C17H22O3. The van der Waals surface area contributed by atoms with Gasteiger partial charge in [-0.25, -0.2) is 0 Å². The average Bonchev–Trinajstić information content (AvgIpc) is 3.28. The molecule has 0 radical (unpaired) electrons. The quantitative estimate of drug-likeness (QED) is 0.614. The highest BCUT2D eigenvalue weighted by Gasteiger charge is 2.20. The van der Waals surface area contributed by atoms with E-state index in [0.717, 1.165) is 29.4 Å². The van der Waals surface area contributed by atoms with E-state index in [2.05, 4.69) is 11.8 Å². The molecule has 0 aliphatic heterocycles. The molecule has 0 spiro atoms. The molecule has 3 heteroatoms. The normalized spacial score (nSPS) is 13.7. The van der Waals surface area contributed by atoms with Crippen LogP contribution in [0, 0.1) is 17.8 Å². The van der Waals surface area contributed by atoms with Crippen molar-refractivity contribution in [1.29, 1.82) is 0 Å². The highest BCUT2D eigenvalue weighted by Crippen LogP contribution is 2.32. The van der Waals surface area contributed by atoms with Gasteiger partial charge in [0.25, 0.3) is 0 Å². The lowest BCUT2D eigenvalue weighted by molar-refractivity contribution is 0.115. The second-order valence-electron chi connectivity index (χ2n) is 5.09. The van der Waals surface area contributed by atoms with Gasteiger partial charge in [-0.3, -0.25) is 0 Å². The van der Waals surface area contributed by atoms with Crippen LogP contribution in [0.2, 0.25) is 0 Å². The molecule has 2 rings (SSSR count). The predicted octanol–water partition coefficient (Wildman–Crippen LogP) is 2.75. The summed E-state index contributed by atoms with van der Waals surface area (Å²) in [5.74, 6) is 7.63. The van der Waals surface area contributed by atoms with Crippen molar-refractivity contribution in [1.82, 2.24) is 0 Å². The molecule has 108 valence electrons. The average molecular weight is 274 g/mol. The van der Waals surface area contributed by atoms with Crippen LogP contribution in [0.15, 0.2) is 18.2 Å². The number of rotatable bonds is 7. The first-order valence-electron chi connectivity index (χ1n) is 7.18. The molecule has 0 bridgehead atoms. The van der Waals surface area contributed by atoms with Gasteiger partial charge in [-0.2, -0.15) is 0 Å². The first-order chi connectivity index (χ1) is 9.83. The predicted molar refractivity (Wildman–Crippen MR) is 78.6 cm³/mol. The van der Waals surface area contributed by atoms with Gasteiger partial charge in [0.2, 0.25) is 0 Å². The molecule has 0 unspecified atom stereocenters. The van der Waals surface area contributed by atoms with E-state index in [1.807, 2.05) is 18.2 Å². The van der Waals surface area contributed by atoms with Crippen LogP contribution in [-0.2, 0) is 11.3 Å². The molecule has 1 N–H and O–H groups in total. The second kappa shape index (κ2) is 7.94. The second-order valence-corrected chi connectivity index (χ2v) is 5.09. The van der Waals surface area contributed by atoms with Gasteiger partial charge < -0.3 is 14.6 Å². The number of ether oxygens (including phenoxy) is 2. The molecule has 1 saturated carbocycles. The number of aliphatic hydroxyl groups excluding tert-OH is 1. The Bertz CT molecular complexity index is 481. The molecule has 0 atom stereocenters. The summed E-state index contributed by atoms with van der Waals surface area (Å²) in [5, 5.41) is 8.76. The number of benzene rings is 1. The first-order valence-corrected chi connectivity index (χ1v) is 7.18. The third-order valence-electron chi connectivity index (χ3n) is 3.36. The monoisotopic (exact) mass is 274 g/mol. The Morgan fingerprint density at radius 3 is 2.90 bits per heavy atom. The molecule has 0 amide bonds. The van der Waals surface area contributed by atoms with Crippen molar-refractivity contribution in [3.05, 3.63) is 29.3 Å². The Kier molecular flexibility index (Phi) is 5.91. The van der Waals surface area contributed by atoms with Gasteiger partial charge >= 0.3 is 0 Å². The Balaban J connectivity index is 1.91. The molecule has 0 heterocycles. The molecule has 3 nitrogen and oxygen atoms in total. The van der Waals surface area contributed by atoms with Gasteiger partial charge in [-0.1, -0.05) is 30.7 Å². The Hall–Kier alpha value is -1.50. The first kappa shape index (κ1) is 14.9. The largest absolute Gasteiger partial charge is 0.495 e. The summed E-state index contributed by atoms with van der Waals surface area (Å²) in [6.07, 6.45) is 4.40. The third kappa shape index (κ3) is 4.88. The van der Waals surface area contributed by atoms with E-state index in [4.69, 9.17) is 14.6 Å². The highest BCUT2D eigenvalue weighted by molar-refractivity contribution is 5.48. The van der Waals surface area contributed by atoms with E-state index >= 15 is 0 Å². The van der Waals surface area contributed by atoms with Gasteiger partial charge in [-0.05, 0) is 30.0 Å². The van der Waals surface area contributed by atoms with Crippen LogP contribution in [-0.4, -0.2) is 25.4 Å². The van der Waals surface area contributed by atoms with Gasteiger partial charge in [0.15, 0.2) is 0 Å². The van der Waals surface area contributed by atoms with Crippen LogP contribution in [0.4, 0.5) is 0 Å². The zero-order chi connectivity index (χ0) is 14.2. The summed E-state index contributed by atoms with van der Waals surface area (Å²) in [6.45, 7) is 1.53. The Morgan fingerprint density at radius 1 is 1.35 bits per heavy atom. The minimum absolute atomic E-state index is 0.0826. The van der Waals surface area contributed by atoms with Crippen molar-refractivity contribution in [3.63, 3.8) is 0 Å². The maximum atomic E-state index is 8.76. The Morgan fingerprint density at radius 2 is 2.20 bits per heavy atom. The van der Waals surface area contributed by atoms with E-state index < -0.39 is 0 Å². The topological polar surface area (TPSA) is 38.7 Å². The number of aliphatic hydroxyl groups is 1. The summed E-state index contributed by atoms with van der Waals surface area (Å²) in [4.78, 5) is 0. The van der Waals surface area contributed by atoms with Gasteiger partial charge in [0, 0.05) is 13.0 Å². The van der Waals surface area contributed by atoms with Crippen molar-refractivity contribution < 1.29 is 14.6 Å². The van der Waals surface area contributed by atoms with Crippen molar-refractivity contribution in [2.75, 3.05) is 20.3 Å². The molecular weight excluding hydrogens is 252 g/mol. The van der Waals surface area contributed by atoms with E-state index in [0.29, 0.717) is 13.0 Å². The third-order valence-corrected chi connectivity index (χ3v) is 3.36. The highest BCUT2D eigenvalue weighted by atomic mass is 16.5. The van der Waals surface area contributed by atoms with E-state index in [-0.39, 0.29) is 6.61 Å². The maximum Gasteiger partial charge on any atom is 0.134 e. The van der Waals surface area contributed by atoms with Crippen LogP contribution >= 0.6 is 0 Å². The molecule has 1 aliphatic carbocycles. The molecule has 1 fully saturated rings. The summed E-state index contributed by atoms with van der Waals surface area (Å²) in [7, 11) is 1.64. The summed E-state index contributed by atoms with van der Waals surface area (Å²) >= 11 is 0. The van der Waals surface area contributed by atoms with Gasteiger partial charge in [0.05, 0.1) is 25.9 Å². The molecule has 1 aromatic rings. The van der Waals surface area contributed by atoms with E-state index in [1.165, 1.54) is 19.3 Å². The SMILES string of the molecule is COc1ccc(COCCC2CC2)cc1C#CCCO. The fourth-order valence-electron chi connectivity index (χ4n) is 2.00. The van der Waals surface area contributed by atoms with Crippen LogP contribution in [0.5, 0.6) is 5.75 Å². The minimum atomic E-state index is 0.0826. The van der Waals surface area contributed by atoms with Crippen molar-refractivity contribution in [3.8, 4) is 17.6 Å². The van der Waals surface area contributed by atoms with Crippen LogP contribution in [0.1, 0.15) is 36.8 Å². The lowest BCUT2D eigenvalue weighted by Crippen LogP contribution is -1.98. The molecule has 1 aliphatic rings. The van der Waals surface area contributed by atoms with Crippen LogP contribution < -0.4 is 4.74 Å². The van der Waals surface area contributed by atoms with Crippen molar-refractivity contribution >= 4 is 0 Å². The Labute approximate surface area is 120 Å². The smallest absolute Gasteiger partial charge is 0.134 e.